The van der Waals surface area contributed by atoms with Gasteiger partial charge in [-0.3, -0.25) is 4.21 Å². The Labute approximate surface area is 57.8 Å². The van der Waals surface area contributed by atoms with Crippen molar-refractivity contribution < 1.29 is 4.21 Å². The van der Waals surface area contributed by atoms with Crippen LogP contribution in [0.5, 0.6) is 0 Å². The third kappa shape index (κ3) is 1.82. The molecule has 0 fully saturated rings. The van der Waals surface area contributed by atoms with Gasteiger partial charge in [-0.25, -0.2) is 0 Å². The molecular formula is C6H11NOS. The van der Waals surface area contributed by atoms with Gasteiger partial charge in [0.25, 0.3) is 0 Å². The van der Waals surface area contributed by atoms with Crippen molar-refractivity contribution in [1.82, 2.24) is 5.32 Å². The number of allylic oxidation sites excluding steroid dienone is 1. The minimum atomic E-state index is -0.753. The van der Waals surface area contributed by atoms with Crippen LogP contribution < -0.4 is 5.32 Å². The SMILES string of the molecule is CS(=O)C1=CNCCC1. The summed E-state index contributed by atoms with van der Waals surface area (Å²) in [5.41, 5.74) is 0. The van der Waals surface area contributed by atoms with E-state index in [1.54, 1.807) is 6.26 Å². The molecule has 1 N–H and O–H groups in total. The highest BCUT2D eigenvalue weighted by Crippen LogP contribution is 2.10. The second kappa shape index (κ2) is 3.01. The molecular weight excluding hydrogens is 134 g/mol. The second-order valence-corrected chi connectivity index (χ2v) is 3.56. The molecule has 1 atom stereocenters. The summed E-state index contributed by atoms with van der Waals surface area (Å²) in [7, 11) is -0.753. The summed E-state index contributed by atoms with van der Waals surface area (Å²) in [6.07, 6.45) is 5.71. The van der Waals surface area contributed by atoms with Gasteiger partial charge in [0.1, 0.15) is 0 Å². The van der Waals surface area contributed by atoms with Crippen molar-refractivity contribution in [3.8, 4) is 0 Å². The molecule has 9 heavy (non-hydrogen) atoms. The number of hydrogen-bond donors (Lipinski definition) is 1. The molecule has 1 rings (SSSR count). The Morgan fingerprint density at radius 3 is 2.89 bits per heavy atom. The lowest BCUT2D eigenvalue weighted by atomic mass is 10.2. The topological polar surface area (TPSA) is 29.1 Å². The van der Waals surface area contributed by atoms with E-state index in [0.29, 0.717) is 0 Å². The van der Waals surface area contributed by atoms with E-state index in [2.05, 4.69) is 5.32 Å². The smallest absolute Gasteiger partial charge is 0.0471 e. The van der Waals surface area contributed by atoms with E-state index in [1.165, 1.54) is 0 Å². The highest BCUT2D eigenvalue weighted by atomic mass is 32.2. The van der Waals surface area contributed by atoms with Gasteiger partial charge in [0.05, 0.1) is 0 Å². The Morgan fingerprint density at radius 2 is 2.56 bits per heavy atom. The minimum absolute atomic E-state index is 0.753. The first-order valence-electron chi connectivity index (χ1n) is 3.06. The van der Waals surface area contributed by atoms with Crippen molar-refractivity contribution in [3.63, 3.8) is 0 Å². The van der Waals surface area contributed by atoms with Gasteiger partial charge < -0.3 is 5.32 Å². The van der Waals surface area contributed by atoms with Gasteiger partial charge in [-0.1, -0.05) is 0 Å². The molecule has 0 radical (unpaired) electrons. The Balaban J connectivity index is 2.57. The van der Waals surface area contributed by atoms with E-state index in [4.69, 9.17) is 0 Å². The monoisotopic (exact) mass is 145 g/mol. The lowest BCUT2D eigenvalue weighted by Crippen LogP contribution is -2.15. The Hall–Kier alpha value is -0.310. The summed E-state index contributed by atoms with van der Waals surface area (Å²) in [5.74, 6) is 0. The zero-order chi connectivity index (χ0) is 6.69. The van der Waals surface area contributed by atoms with Crippen LogP contribution in [0.1, 0.15) is 12.8 Å². The van der Waals surface area contributed by atoms with E-state index in [-0.39, 0.29) is 0 Å². The maximum Gasteiger partial charge on any atom is 0.0471 e. The molecule has 0 saturated carbocycles. The van der Waals surface area contributed by atoms with E-state index in [9.17, 15) is 4.21 Å². The third-order valence-electron chi connectivity index (χ3n) is 1.38. The molecule has 0 aromatic heterocycles. The van der Waals surface area contributed by atoms with Crippen molar-refractivity contribution in [2.75, 3.05) is 12.8 Å². The zero-order valence-corrected chi connectivity index (χ0v) is 6.33. The number of hydrogen-bond acceptors (Lipinski definition) is 2. The van der Waals surface area contributed by atoms with E-state index >= 15 is 0 Å². The lowest BCUT2D eigenvalue weighted by Gasteiger charge is -2.10. The number of rotatable bonds is 1. The standard InChI is InChI=1S/C6H11NOS/c1-9(8)6-3-2-4-7-5-6/h5,7H,2-4H2,1H3. The van der Waals surface area contributed by atoms with Crippen LogP contribution in [-0.2, 0) is 10.8 Å². The van der Waals surface area contributed by atoms with Gasteiger partial charge in [0.15, 0.2) is 0 Å². The molecule has 1 aliphatic rings. The fourth-order valence-corrected chi connectivity index (χ4v) is 1.53. The summed E-state index contributed by atoms with van der Waals surface area (Å²) in [5, 5.41) is 3.06. The van der Waals surface area contributed by atoms with Crippen LogP contribution in [0.15, 0.2) is 11.1 Å². The third-order valence-corrected chi connectivity index (χ3v) is 2.44. The fraction of sp³-hybridized carbons (Fsp3) is 0.667. The van der Waals surface area contributed by atoms with Crippen LogP contribution >= 0.6 is 0 Å². The molecule has 0 saturated heterocycles. The number of nitrogens with one attached hydrogen (secondary N) is 1. The van der Waals surface area contributed by atoms with Crippen LogP contribution in [-0.4, -0.2) is 17.0 Å². The molecule has 1 aliphatic heterocycles. The maximum atomic E-state index is 10.8. The summed E-state index contributed by atoms with van der Waals surface area (Å²) in [6.45, 7) is 1.03. The molecule has 0 bridgehead atoms. The molecule has 0 aliphatic carbocycles. The quantitative estimate of drug-likeness (QED) is 0.585. The highest BCUT2D eigenvalue weighted by Gasteiger charge is 2.04. The Morgan fingerprint density at radius 1 is 1.78 bits per heavy atom. The first-order valence-corrected chi connectivity index (χ1v) is 4.62. The highest BCUT2D eigenvalue weighted by molar-refractivity contribution is 7.88. The summed E-state index contributed by atoms with van der Waals surface area (Å²) in [4.78, 5) is 1.04. The van der Waals surface area contributed by atoms with Crippen molar-refractivity contribution in [2.45, 2.75) is 12.8 Å². The van der Waals surface area contributed by atoms with Crippen molar-refractivity contribution >= 4 is 10.8 Å². The molecule has 3 heteroatoms. The second-order valence-electron chi connectivity index (χ2n) is 2.12. The minimum Gasteiger partial charge on any atom is -0.390 e. The molecule has 1 unspecified atom stereocenters. The van der Waals surface area contributed by atoms with Crippen molar-refractivity contribution in [3.05, 3.63) is 11.1 Å². The van der Waals surface area contributed by atoms with Gasteiger partial charge in [-0.15, -0.1) is 0 Å². The molecule has 0 spiro atoms. The Kier molecular flexibility index (Phi) is 2.28. The van der Waals surface area contributed by atoms with E-state index < -0.39 is 10.8 Å². The van der Waals surface area contributed by atoms with Gasteiger partial charge >= 0.3 is 0 Å². The molecule has 52 valence electrons. The van der Waals surface area contributed by atoms with E-state index in [0.717, 1.165) is 24.3 Å². The van der Waals surface area contributed by atoms with Crippen LogP contribution in [0.3, 0.4) is 0 Å². The van der Waals surface area contributed by atoms with Crippen LogP contribution in [0, 0.1) is 0 Å². The van der Waals surface area contributed by atoms with Gasteiger partial charge in [-0.05, 0) is 12.8 Å². The lowest BCUT2D eigenvalue weighted by molar-refractivity contribution is 0.678. The summed E-state index contributed by atoms with van der Waals surface area (Å²) < 4.78 is 10.8. The van der Waals surface area contributed by atoms with Gasteiger partial charge in [-0.2, -0.15) is 0 Å². The first-order chi connectivity index (χ1) is 4.30. The summed E-state index contributed by atoms with van der Waals surface area (Å²) in [6, 6.07) is 0. The van der Waals surface area contributed by atoms with Crippen molar-refractivity contribution in [2.24, 2.45) is 0 Å². The zero-order valence-electron chi connectivity index (χ0n) is 5.52. The molecule has 1 heterocycles. The van der Waals surface area contributed by atoms with Gasteiger partial charge in [0.2, 0.25) is 0 Å². The molecule has 0 amide bonds. The van der Waals surface area contributed by atoms with E-state index in [1.807, 2.05) is 6.20 Å². The maximum absolute atomic E-state index is 10.8. The van der Waals surface area contributed by atoms with Crippen LogP contribution in [0.2, 0.25) is 0 Å². The average Bonchev–Trinajstić information content (AvgIpc) is 1.90. The first kappa shape index (κ1) is 6.81. The molecule has 0 aromatic rings. The predicted octanol–water partition coefficient (Wildman–Crippen LogP) is 0.590. The predicted molar refractivity (Wildman–Crippen MR) is 39.4 cm³/mol. The molecule has 0 aromatic carbocycles. The van der Waals surface area contributed by atoms with Crippen molar-refractivity contribution in [1.29, 1.82) is 0 Å². The fourth-order valence-electron chi connectivity index (χ4n) is 0.850. The van der Waals surface area contributed by atoms with Gasteiger partial charge in [0, 0.05) is 34.7 Å². The Bertz CT molecular complexity index is 153. The average molecular weight is 145 g/mol. The van der Waals surface area contributed by atoms with Crippen LogP contribution in [0.25, 0.3) is 0 Å². The summed E-state index contributed by atoms with van der Waals surface area (Å²) >= 11 is 0. The largest absolute Gasteiger partial charge is 0.390 e. The molecule has 2 nitrogen and oxygen atoms in total. The van der Waals surface area contributed by atoms with Crippen LogP contribution in [0.4, 0.5) is 0 Å². The normalized spacial score (nSPS) is 22.1.